The summed E-state index contributed by atoms with van der Waals surface area (Å²) < 4.78 is 38.6. The van der Waals surface area contributed by atoms with Crippen LogP contribution >= 0.6 is 0 Å². The van der Waals surface area contributed by atoms with Gasteiger partial charge in [0.1, 0.15) is 10.7 Å². The Labute approximate surface area is 111 Å². The van der Waals surface area contributed by atoms with Crippen LogP contribution in [0.4, 0.5) is 10.1 Å². The van der Waals surface area contributed by atoms with Crippen molar-refractivity contribution in [3.8, 4) is 0 Å². The Morgan fingerprint density at radius 2 is 1.89 bits per heavy atom. The molecule has 8 heteroatoms. The smallest absolute Gasteiger partial charge is 0.246 e. The van der Waals surface area contributed by atoms with Crippen molar-refractivity contribution in [2.24, 2.45) is 0 Å². The number of sulfonamides is 1. The lowest BCUT2D eigenvalue weighted by Gasteiger charge is -2.19. The number of hydrogen-bond donors (Lipinski definition) is 1. The highest BCUT2D eigenvalue weighted by molar-refractivity contribution is 7.89. The Balaban J connectivity index is 3.07. The van der Waals surface area contributed by atoms with E-state index in [0.29, 0.717) is 0 Å². The molecule has 0 aromatic heterocycles. The van der Waals surface area contributed by atoms with Gasteiger partial charge in [0.05, 0.1) is 6.54 Å². The third-order valence-electron chi connectivity index (χ3n) is 2.50. The number of benzene rings is 1. The summed E-state index contributed by atoms with van der Waals surface area (Å²) in [4.78, 5) is 12.2. The first-order chi connectivity index (χ1) is 8.66. The fourth-order valence-corrected chi connectivity index (χ4v) is 2.47. The van der Waals surface area contributed by atoms with Crippen LogP contribution in [0.1, 0.15) is 0 Å². The van der Waals surface area contributed by atoms with Crippen molar-refractivity contribution in [2.75, 3.05) is 33.4 Å². The lowest BCUT2D eigenvalue weighted by Crippen LogP contribution is -2.38. The first-order valence-corrected chi connectivity index (χ1v) is 6.81. The van der Waals surface area contributed by atoms with Gasteiger partial charge in [0.25, 0.3) is 0 Å². The topological polar surface area (TPSA) is 83.7 Å². The molecule has 1 amide bonds. The minimum Gasteiger partial charge on any atom is -0.399 e. The number of halogens is 1. The summed E-state index contributed by atoms with van der Waals surface area (Å²) in [5.41, 5.74) is 5.49. The molecule has 0 radical (unpaired) electrons. The summed E-state index contributed by atoms with van der Waals surface area (Å²) in [5.74, 6) is -1.34. The summed E-state index contributed by atoms with van der Waals surface area (Å²) in [5, 5.41) is 0. The van der Waals surface area contributed by atoms with E-state index in [2.05, 4.69) is 0 Å². The number of nitrogens with zero attached hydrogens (tertiary/aromatic N) is 2. The monoisotopic (exact) mass is 289 g/mol. The van der Waals surface area contributed by atoms with E-state index in [4.69, 9.17) is 5.73 Å². The highest BCUT2D eigenvalue weighted by Crippen LogP contribution is 2.20. The van der Waals surface area contributed by atoms with Crippen molar-refractivity contribution < 1.29 is 17.6 Å². The first kappa shape index (κ1) is 15.4. The van der Waals surface area contributed by atoms with Gasteiger partial charge in [-0.1, -0.05) is 0 Å². The maximum Gasteiger partial charge on any atom is 0.246 e. The normalized spacial score (nSPS) is 11.6. The molecule has 0 bridgehead atoms. The van der Waals surface area contributed by atoms with Crippen LogP contribution < -0.4 is 5.73 Å². The number of likely N-dealkylation sites (N-methyl/N-ethyl adjacent to an activating group) is 2. The number of rotatable bonds is 4. The SMILES string of the molecule is CN(C)C(=O)CN(C)S(=O)(=O)c1ccc(N)cc1F. The molecule has 0 aliphatic rings. The third kappa shape index (κ3) is 3.42. The summed E-state index contributed by atoms with van der Waals surface area (Å²) in [6.07, 6.45) is 0. The molecule has 1 rings (SSSR count). The van der Waals surface area contributed by atoms with Crippen LogP contribution in [0.3, 0.4) is 0 Å². The van der Waals surface area contributed by atoms with Crippen molar-refractivity contribution in [1.29, 1.82) is 0 Å². The van der Waals surface area contributed by atoms with Crippen LogP contribution in [-0.2, 0) is 14.8 Å². The molecule has 0 atom stereocenters. The average Bonchev–Trinajstić information content (AvgIpc) is 2.27. The van der Waals surface area contributed by atoms with Gasteiger partial charge in [-0.05, 0) is 18.2 Å². The van der Waals surface area contributed by atoms with Gasteiger partial charge in [-0.2, -0.15) is 4.31 Å². The zero-order chi connectivity index (χ0) is 14.8. The summed E-state index contributed by atoms with van der Waals surface area (Å²) in [7, 11) is 0.168. The molecular formula is C11H16FN3O3S. The Bertz CT molecular complexity index is 587. The van der Waals surface area contributed by atoms with E-state index in [1.165, 1.54) is 32.1 Å². The molecule has 0 unspecified atom stereocenters. The lowest BCUT2D eigenvalue weighted by molar-refractivity contribution is -0.128. The highest BCUT2D eigenvalue weighted by atomic mass is 32.2. The predicted molar refractivity (Wildman–Crippen MR) is 69.3 cm³/mol. The van der Waals surface area contributed by atoms with Crippen LogP contribution in [0.15, 0.2) is 23.1 Å². The second-order valence-electron chi connectivity index (χ2n) is 4.24. The lowest BCUT2D eigenvalue weighted by atomic mass is 10.3. The molecule has 6 nitrogen and oxygen atoms in total. The minimum absolute atomic E-state index is 0.128. The van der Waals surface area contributed by atoms with E-state index < -0.39 is 26.6 Å². The van der Waals surface area contributed by atoms with Crippen molar-refractivity contribution in [3.63, 3.8) is 0 Å². The molecule has 0 spiro atoms. The van der Waals surface area contributed by atoms with Crippen LogP contribution in [0, 0.1) is 5.82 Å². The highest BCUT2D eigenvalue weighted by Gasteiger charge is 2.26. The molecule has 0 aliphatic carbocycles. The van der Waals surface area contributed by atoms with Gasteiger partial charge in [-0.25, -0.2) is 12.8 Å². The molecule has 0 aliphatic heterocycles. The van der Waals surface area contributed by atoms with E-state index in [9.17, 15) is 17.6 Å². The number of hydrogen-bond acceptors (Lipinski definition) is 4. The molecule has 0 saturated carbocycles. The van der Waals surface area contributed by atoms with Gasteiger partial charge in [0.15, 0.2) is 0 Å². The van der Waals surface area contributed by atoms with E-state index in [1.807, 2.05) is 0 Å². The van der Waals surface area contributed by atoms with Crippen molar-refractivity contribution in [3.05, 3.63) is 24.0 Å². The summed E-state index contributed by atoms with van der Waals surface area (Å²) in [6, 6.07) is 3.29. The number of carbonyl (C=O) groups is 1. The summed E-state index contributed by atoms with van der Waals surface area (Å²) >= 11 is 0. The van der Waals surface area contributed by atoms with E-state index in [1.54, 1.807) is 0 Å². The molecule has 0 fully saturated rings. The predicted octanol–water partition coefficient (Wildman–Crippen LogP) is 0.117. The molecule has 0 saturated heterocycles. The van der Waals surface area contributed by atoms with E-state index in [-0.39, 0.29) is 12.2 Å². The Morgan fingerprint density at radius 1 is 1.32 bits per heavy atom. The molecule has 106 valence electrons. The number of amides is 1. The molecule has 1 aromatic rings. The molecular weight excluding hydrogens is 273 g/mol. The molecule has 2 N–H and O–H groups in total. The fraction of sp³-hybridized carbons (Fsp3) is 0.364. The standard InChI is InChI=1S/C11H16FN3O3S/c1-14(2)11(16)7-15(3)19(17,18)10-5-4-8(13)6-9(10)12/h4-6H,7,13H2,1-3H3. The van der Waals surface area contributed by atoms with Crippen LogP contribution in [-0.4, -0.2) is 51.2 Å². The number of carbonyl (C=O) groups excluding carboxylic acids is 1. The Morgan fingerprint density at radius 3 is 2.37 bits per heavy atom. The van der Waals surface area contributed by atoms with Crippen molar-refractivity contribution >= 4 is 21.6 Å². The molecule has 1 aromatic carbocycles. The van der Waals surface area contributed by atoms with Crippen LogP contribution in [0.2, 0.25) is 0 Å². The van der Waals surface area contributed by atoms with Gasteiger partial charge in [0, 0.05) is 26.8 Å². The van der Waals surface area contributed by atoms with Gasteiger partial charge in [-0.15, -0.1) is 0 Å². The largest absolute Gasteiger partial charge is 0.399 e. The Hall–Kier alpha value is -1.67. The second-order valence-corrected chi connectivity index (χ2v) is 6.25. The van der Waals surface area contributed by atoms with Crippen molar-refractivity contribution in [1.82, 2.24) is 9.21 Å². The van der Waals surface area contributed by atoms with Gasteiger partial charge >= 0.3 is 0 Å². The minimum atomic E-state index is -4.06. The zero-order valence-corrected chi connectivity index (χ0v) is 11.7. The number of nitrogen functional groups attached to an aromatic ring is 1. The van der Waals surface area contributed by atoms with Gasteiger partial charge < -0.3 is 10.6 Å². The van der Waals surface area contributed by atoms with Crippen LogP contribution in [0.5, 0.6) is 0 Å². The maximum atomic E-state index is 13.6. The third-order valence-corrected chi connectivity index (χ3v) is 4.34. The zero-order valence-electron chi connectivity index (χ0n) is 10.9. The maximum absolute atomic E-state index is 13.6. The number of nitrogens with two attached hydrogens (primary N) is 1. The van der Waals surface area contributed by atoms with Gasteiger partial charge in [0.2, 0.25) is 15.9 Å². The molecule has 0 heterocycles. The van der Waals surface area contributed by atoms with Crippen LogP contribution in [0.25, 0.3) is 0 Å². The summed E-state index contributed by atoms with van der Waals surface area (Å²) in [6.45, 7) is -0.362. The quantitative estimate of drug-likeness (QED) is 0.798. The van der Waals surface area contributed by atoms with E-state index in [0.717, 1.165) is 16.4 Å². The molecule has 19 heavy (non-hydrogen) atoms. The van der Waals surface area contributed by atoms with E-state index >= 15 is 0 Å². The fourth-order valence-electron chi connectivity index (χ4n) is 1.31. The van der Waals surface area contributed by atoms with Crippen molar-refractivity contribution in [2.45, 2.75) is 4.90 Å². The van der Waals surface area contributed by atoms with Gasteiger partial charge in [-0.3, -0.25) is 4.79 Å². The first-order valence-electron chi connectivity index (χ1n) is 5.37. The number of anilines is 1. The average molecular weight is 289 g/mol. The Kier molecular flexibility index (Phi) is 4.48. The second kappa shape index (κ2) is 5.54.